The van der Waals surface area contributed by atoms with Gasteiger partial charge in [0.25, 0.3) is 0 Å². The fourth-order valence-electron chi connectivity index (χ4n) is 3.62. The zero-order valence-corrected chi connectivity index (χ0v) is 15.7. The Morgan fingerprint density at radius 2 is 1.81 bits per heavy atom. The van der Waals surface area contributed by atoms with E-state index in [4.69, 9.17) is 10.5 Å². The number of ether oxygens (including phenoxy) is 1. The van der Waals surface area contributed by atoms with E-state index in [1.807, 2.05) is 0 Å². The van der Waals surface area contributed by atoms with Crippen molar-refractivity contribution in [3.63, 3.8) is 0 Å². The summed E-state index contributed by atoms with van der Waals surface area (Å²) in [6.07, 6.45) is 2.39. The van der Waals surface area contributed by atoms with Gasteiger partial charge in [-0.1, -0.05) is 0 Å². The molecule has 0 radical (unpaired) electrons. The Labute approximate surface area is 153 Å². The summed E-state index contributed by atoms with van der Waals surface area (Å²) in [6, 6.07) is -1.46. The van der Waals surface area contributed by atoms with Crippen LogP contribution in [0, 0.1) is 5.92 Å². The van der Waals surface area contributed by atoms with Crippen molar-refractivity contribution in [2.75, 3.05) is 6.54 Å². The molecule has 1 aliphatic heterocycles. The molecule has 2 fully saturated rings. The molecule has 26 heavy (non-hydrogen) atoms. The molecule has 8 nitrogen and oxygen atoms in total. The van der Waals surface area contributed by atoms with Crippen molar-refractivity contribution in [3.8, 4) is 0 Å². The van der Waals surface area contributed by atoms with Crippen LogP contribution in [0.15, 0.2) is 0 Å². The van der Waals surface area contributed by atoms with E-state index in [0.717, 1.165) is 0 Å². The topological polar surface area (TPSA) is 119 Å². The third kappa shape index (κ3) is 5.19. The summed E-state index contributed by atoms with van der Waals surface area (Å²) < 4.78 is 5.29. The van der Waals surface area contributed by atoms with Crippen LogP contribution in [0.4, 0.5) is 4.79 Å². The number of hydrogen-bond acceptors (Lipinski definition) is 5. The molecule has 2 rings (SSSR count). The predicted octanol–water partition coefficient (Wildman–Crippen LogP) is 1.12. The number of likely N-dealkylation sites (tertiary alicyclic amines) is 1. The Hall–Kier alpha value is -2.12. The van der Waals surface area contributed by atoms with Gasteiger partial charge in [0, 0.05) is 19.4 Å². The smallest absolute Gasteiger partial charge is 0.408 e. The SMILES string of the molecule is CC(C)(C)OC(=O)NC(C(=O)N1CCCC1C(N)=O)C1CCC(=O)CC1. The normalized spacial score (nSPS) is 22.8. The van der Waals surface area contributed by atoms with E-state index in [2.05, 4.69) is 5.32 Å². The molecule has 3 amide bonds. The van der Waals surface area contributed by atoms with Crippen LogP contribution in [-0.2, 0) is 19.1 Å². The molecule has 2 atom stereocenters. The molecule has 8 heteroatoms. The lowest BCUT2D eigenvalue weighted by molar-refractivity contribution is -0.140. The number of primary amides is 1. The first-order valence-electron chi connectivity index (χ1n) is 9.19. The lowest BCUT2D eigenvalue weighted by Gasteiger charge is -2.34. The minimum absolute atomic E-state index is 0.165. The highest BCUT2D eigenvalue weighted by molar-refractivity contribution is 5.91. The van der Waals surface area contributed by atoms with Crippen molar-refractivity contribution >= 4 is 23.7 Å². The third-order valence-electron chi connectivity index (χ3n) is 4.86. The minimum atomic E-state index is -0.821. The lowest BCUT2D eigenvalue weighted by Crippen LogP contribution is -2.56. The Morgan fingerprint density at radius 3 is 2.35 bits per heavy atom. The van der Waals surface area contributed by atoms with Crippen LogP contribution in [0.5, 0.6) is 0 Å². The quantitative estimate of drug-likeness (QED) is 0.771. The van der Waals surface area contributed by atoms with Gasteiger partial charge in [-0.25, -0.2) is 4.79 Å². The summed E-state index contributed by atoms with van der Waals surface area (Å²) in [5, 5.41) is 2.68. The highest BCUT2D eigenvalue weighted by Crippen LogP contribution is 2.28. The Bertz CT molecular complexity index is 574. The first kappa shape index (κ1) is 20.2. The van der Waals surface area contributed by atoms with Gasteiger partial charge < -0.3 is 20.7 Å². The van der Waals surface area contributed by atoms with Gasteiger partial charge in [-0.3, -0.25) is 14.4 Å². The molecule has 2 unspecified atom stereocenters. The van der Waals surface area contributed by atoms with Crippen LogP contribution in [0.3, 0.4) is 0 Å². The number of Topliss-reactive ketones (excluding diaryl/α,β-unsaturated/α-hetero) is 1. The molecule has 2 aliphatic rings. The van der Waals surface area contributed by atoms with Gasteiger partial charge in [0.15, 0.2) is 0 Å². The molecular weight excluding hydrogens is 338 g/mol. The van der Waals surface area contributed by atoms with Crippen molar-refractivity contribution < 1.29 is 23.9 Å². The number of nitrogens with one attached hydrogen (secondary N) is 1. The molecule has 0 bridgehead atoms. The van der Waals surface area contributed by atoms with E-state index in [1.54, 1.807) is 20.8 Å². The molecular formula is C18H29N3O5. The van der Waals surface area contributed by atoms with Crippen LogP contribution in [-0.4, -0.2) is 52.8 Å². The number of nitrogens with zero attached hydrogens (tertiary/aromatic N) is 1. The highest BCUT2D eigenvalue weighted by atomic mass is 16.6. The van der Waals surface area contributed by atoms with Crippen molar-refractivity contribution in [2.24, 2.45) is 11.7 Å². The van der Waals surface area contributed by atoms with Crippen LogP contribution in [0.25, 0.3) is 0 Å². The van der Waals surface area contributed by atoms with E-state index in [0.29, 0.717) is 45.1 Å². The number of alkyl carbamates (subject to hydrolysis) is 1. The summed E-state index contributed by atoms with van der Waals surface area (Å²) in [6.45, 7) is 5.66. The molecule has 3 N–H and O–H groups in total. The van der Waals surface area contributed by atoms with Crippen LogP contribution < -0.4 is 11.1 Å². The summed E-state index contributed by atoms with van der Waals surface area (Å²) in [4.78, 5) is 50.0. The minimum Gasteiger partial charge on any atom is -0.444 e. The standard InChI is InChI=1S/C18H29N3O5/c1-18(2,3)26-17(25)20-14(11-6-8-12(22)9-7-11)16(24)21-10-4-5-13(21)15(19)23/h11,13-14H,4-10H2,1-3H3,(H2,19,23)(H,20,25). The summed E-state index contributed by atoms with van der Waals surface area (Å²) in [5.74, 6) is -0.857. The van der Waals surface area contributed by atoms with Gasteiger partial charge >= 0.3 is 6.09 Å². The molecule has 0 aromatic heterocycles. The number of ketones is 1. The zero-order valence-electron chi connectivity index (χ0n) is 15.7. The molecule has 1 aliphatic carbocycles. The van der Waals surface area contributed by atoms with Gasteiger partial charge in [-0.05, 0) is 52.4 Å². The number of rotatable bonds is 4. The van der Waals surface area contributed by atoms with Crippen molar-refractivity contribution in [2.45, 2.75) is 77.0 Å². The second-order valence-corrected chi connectivity index (χ2v) is 8.09. The predicted molar refractivity (Wildman–Crippen MR) is 94.1 cm³/mol. The zero-order chi connectivity index (χ0) is 19.5. The van der Waals surface area contributed by atoms with Gasteiger partial charge in [0.2, 0.25) is 11.8 Å². The second kappa shape index (κ2) is 8.05. The van der Waals surface area contributed by atoms with Gasteiger partial charge in [-0.2, -0.15) is 0 Å². The maximum absolute atomic E-state index is 13.1. The van der Waals surface area contributed by atoms with E-state index < -0.39 is 29.7 Å². The van der Waals surface area contributed by atoms with E-state index >= 15 is 0 Å². The summed E-state index contributed by atoms with van der Waals surface area (Å²) in [5.41, 5.74) is 4.73. The number of carbonyl (C=O) groups excluding carboxylic acids is 4. The van der Waals surface area contributed by atoms with Gasteiger partial charge in [0.05, 0.1) is 0 Å². The van der Waals surface area contributed by atoms with E-state index in [-0.39, 0.29) is 17.6 Å². The maximum Gasteiger partial charge on any atom is 0.408 e. The first-order valence-corrected chi connectivity index (χ1v) is 9.19. The Balaban J connectivity index is 2.16. The van der Waals surface area contributed by atoms with E-state index in [1.165, 1.54) is 4.90 Å². The second-order valence-electron chi connectivity index (χ2n) is 8.09. The van der Waals surface area contributed by atoms with Crippen LogP contribution >= 0.6 is 0 Å². The van der Waals surface area contributed by atoms with Crippen molar-refractivity contribution in [1.82, 2.24) is 10.2 Å². The van der Waals surface area contributed by atoms with Crippen LogP contribution in [0.2, 0.25) is 0 Å². The summed E-state index contributed by atoms with van der Waals surface area (Å²) in [7, 11) is 0. The van der Waals surface area contributed by atoms with Crippen molar-refractivity contribution in [3.05, 3.63) is 0 Å². The largest absolute Gasteiger partial charge is 0.444 e. The number of nitrogens with two attached hydrogens (primary N) is 1. The fourth-order valence-corrected chi connectivity index (χ4v) is 3.62. The Kier molecular flexibility index (Phi) is 6.26. The van der Waals surface area contributed by atoms with Crippen LogP contribution in [0.1, 0.15) is 59.3 Å². The lowest BCUT2D eigenvalue weighted by atomic mass is 9.82. The molecule has 1 heterocycles. The Morgan fingerprint density at radius 1 is 1.19 bits per heavy atom. The van der Waals surface area contributed by atoms with E-state index in [9.17, 15) is 19.2 Å². The highest BCUT2D eigenvalue weighted by Gasteiger charge is 2.41. The number of amides is 3. The van der Waals surface area contributed by atoms with Crippen molar-refractivity contribution in [1.29, 1.82) is 0 Å². The number of carbonyl (C=O) groups is 4. The fraction of sp³-hybridized carbons (Fsp3) is 0.778. The molecule has 0 aromatic carbocycles. The average Bonchev–Trinajstić information content (AvgIpc) is 3.01. The third-order valence-corrected chi connectivity index (χ3v) is 4.86. The monoisotopic (exact) mass is 367 g/mol. The maximum atomic E-state index is 13.1. The summed E-state index contributed by atoms with van der Waals surface area (Å²) >= 11 is 0. The molecule has 0 spiro atoms. The molecule has 1 saturated carbocycles. The van der Waals surface area contributed by atoms with Gasteiger partial charge in [0.1, 0.15) is 23.5 Å². The average molecular weight is 367 g/mol. The molecule has 0 aromatic rings. The van der Waals surface area contributed by atoms with Gasteiger partial charge in [-0.15, -0.1) is 0 Å². The molecule has 1 saturated heterocycles. The first-order chi connectivity index (χ1) is 12.1. The molecule has 146 valence electrons. The number of hydrogen-bond donors (Lipinski definition) is 2.